The Morgan fingerprint density at radius 2 is 2.20 bits per heavy atom. The maximum atomic E-state index is 5.98. The molecule has 0 atom stereocenters. The van der Waals surface area contributed by atoms with E-state index in [2.05, 4.69) is 25.9 Å². The van der Waals surface area contributed by atoms with Crippen molar-refractivity contribution < 1.29 is 0 Å². The molecule has 2 N–H and O–H groups in total. The second kappa shape index (κ2) is 4.46. The lowest BCUT2D eigenvalue weighted by Gasteiger charge is -2.04. The van der Waals surface area contributed by atoms with Crippen LogP contribution < -0.4 is 5.32 Å². The van der Waals surface area contributed by atoms with Gasteiger partial charge >= 0.3 is 0 Å². The van der Waals surface area contributed by atoms with E-state index in [0.29, 0.717) is 22.5 Å². The molecule has 0 radical (unpaired) electrons. The van der Waals surface area contributed by atoms with Crippen LogP contribution in [0.5, 0.6) is 0 Å². The monoisotopic (exact) mass is 243 g/mol. The summed E-state index contributed by atoms with van der Waals surface area (Å²) in [4.78, 5) is 0. The number of aromatic nitrogens is 4. The smallest absolute Gasteiger partial charge is 0.263 e. The summed E-state index contributed by atoms with van der Waals surface area (Å²) in [6, 6.07) is 5.31. The van der Waals surface area contributed by atoms with E-state index in [4.69, 9.17) is 23.2 Å². The fourth-order valence-corrected chi connectivity index (χ4v) is 1.55. The Balaban J connectivity index is 2.05. The molecule has 0 spiro atoms. The van der Waals surface area contributed by atoms with E-state index >= 15 is 0 Å². The van der Waals surface area contributed by atoms with Gasteiger partial charge < -0.3 is 5.32 Å². The number of hydrogen-bond donors (Lipinski definition) is 2. The van der Waals surface area contributed by atoms with Crippen molar-refractivity contribution in [2.75, 3.05) is 5.32 Å². The largest absolute Gasteiger partial charge is 0.347 e. The fourth-order valence-electron chi connectivity index (χ4n) is 1.08. The summed E-state index contributed by atoms with van der Waals surface area (Å²) >= 11 is 11.8. The Morgan fingerprint density at radius 3 is 2.87 bits per heavy atom. The second-order valence-corrected chi connectivity index (χ2v) is 3.67. The van der Waals surface area contributed by atoms with E-state index in [-0.39, 0.29) is 0 Å². The van der Waals surface area contributed by atoms with Gasteiger partial charge in [0.25, 0.3) is 5.95 Å². The molecule has 15 heavy (non-hydrogen) atoms. The standard InChI is InChI=1S/C8H7Cl2N5/c9-6-2-1-5(7(10)3-6)4-11-8-12-14-15-13-8/h1-3H,4H2,(H2,11,12,13,14,15). The summed E-state index contributed by atoms with van der Waals surface area (Å²) in [5.41, 5.74) is 0.922. The van der Waals surface area contributed by atoms with Crippen LogP contribution in [0.15, 0.2) is 18.2 Å². The minimum atomic E-state index is 0.431. The number of benzene rings is 1. The molecule has 0 fully saturated rings. The van der Waals surface area contributed by atoms with Gasteiger partial charge in [-0.05, 0) is 22.9 Å². The summed E-state index contributed by atoms with van der Waals surface area (Å²) in [7, 11) is 0. The molecule has 7 heteroatoms. The quantitative estimate of drug-likeness (QED) is 0.867. The zero-order valence-corrected chi connectivity index (χ0v) is 9.05. The molecule has 1 heterocycles. The van der Waals surface area contributed by atoms with Gasteiger partial charge in [0.05, 0.1) is 0 Å². The molecule has 0 aliphatic carbocycles. The summed E-state index contributed by atoms with van der Waals surface area (Å²) < 4.78 is 0. The predicted molar refractivity (Wildman–Crippen MR) is 58.0 cm³/mol. The minimum absolute atomic E-state index is 0.431. The SMILES string of the molecule is Clc1ccc(CNc2nn[nH]n2)c(Cl)c1. The van der Waals surface area contributed by atoms with Crippen LogP contribution in [0.4, 0.5) is 5.95 Å². The molecule has 0 aliphatic rings. The number of rotatable bonds is 3. The highest BCUT2D eigenvalue weighted by molar-refractivity contribution is 6.35. The molecular formula is C8H7Cl2N5. The third-order valence-corrected chi connectivity index (χ3v) is 2.38. The topological polar surface area (TPSA) is 66.5 Å². The van der Waals surface area contributed by atoms with Crippen molar-refractivity contribution in [2.45, 2.75) is 6.54 Å². The molecule has 0 aliphatic heterocycles. The van der Waals surface area contributed by atoms with Crippen LogP contribution in [-0.4, -0.2) is 20.6 Å². The molecule has 1 aromatic heterocycles. The van der Waals surface area contributed by atoms with Gasteiger partial charge in [-0.1, -0.05) is 34.4 Å². The fraction of sp³-hybridized carbons (Fsp3) is 0.125. The maximum absolute atomic E-state index is 5.98. The van der Waals surface area contributed by atoms with Gasteiger partial charge in [0.1, 0.15) is 0 Å². The lowest BCUT2D eigenvalue weighted by molar-refractivity contribution is 0.881. The zero-order valence-electron chi connectivity index (χ0n) is 7.54. The van der Waals surface area contributed by atoms with Crippen molar-refractivity contribution in [1.82, 2.24) is 20.6 Å². The van der Waals surface area contributed by atoms with Crippen LogP contribution >= 0.6 is 23.2 Å². The van der Waals surface area contributed by atoms with E-state index < -0.39 is 0 Å². The average Bonchev–Trinajstić information content (AvgIpc) is 2.69. The Morgan fingerprint density at radius 1 is 1.33 bits per heavy atom. The van der Waals surface area contributed by atoms with E-state index in [1.165, 1.54) is 0 Å². The molecule has 78 valence electrons. The molecule has 0 bridgehead atoms. The molecule has 0 unspecified atom stereocenters. The van der Waals surface area contributed by atoms with Crippen LogP contribution in [0.3, 0.4) is 0 Å². The third-order valence-electron chi connectivity index (χ3n) is 1.80. The van der Waals surface area contributed by atoms with Gasteiger partial charge in [-0.25, -0.2) is 0 Å². The maximum Gasteiger partial charge on any atom is 0.263 e. The van der Waals surface area contributed by atoms with Gasteiger partial charge in [0.2, 0.25) is 0 Å². The van der Waals surface area contributed by atoms with Crippen molar-refractivity contribution in [3.05, 3.63) is 33.8 Å². The van der Waals surface area contributed by atoms with Crippen molar-refractivity contribution in [2.24, 2.45) is 0 Å². The van der Waals surface area contributed by atoms with E-state index in [9.17, 15) is 0 Å². The molecule has 0 amide bonds. The van der Waals surface area contributed by atoms with Crippen LogP contribution in [-0.2, 0) is 6.54 Å². The molecule has 2 rings (SSSR count). The van der Waals surface area contributed by atoms with E-state index in [0.717, 1.165) is 5.56 Å². The van der Waals surface area contributed by atoms with Crippen molar-refractivity contribution in [3.63, 3.8) is 0 Å². The Labute approximate surface area is 95.8 Å². The summed E-state index contributed by atoms with van der Waals surface area (Å²) in [5, 5.41) is 17.4. The van der Waals surface area contributed by atoms with Crippen LogP contribution in [0, 0.1) is 0 Å². The Hall–Kier alpha value is -1.33. The second-order valence-electron chi connectivity index (χ2n) is 2.82. The highest BCUT2D eigenvalue weighted by Crippen LogP contribution is 2.21. The number of hydrogen-bond acceptors (Lipinski definition) is 4. The molecule has 0 saturated carbocycles. The highest BCUT2D eigenvalue weighted by atomic mass is 35.5. The van der Waals surface area contributed by atoms with Gasteiger partial charge in [-0.15, -0.1) is 5.10 Å². The Kier molecular flexibility index (Phi) is 3.03. The highest BCUT2D eigenvalue weighted by Gasteiger charge is 2.02. The lowest BCUT2D eigenvalue weighted by Crippen LogP contribution is -2.01. The average molecular weight is 244 g/mol. The van der Waals surface area contributed by atoms with Crippen LogP contribution in [0.25, 0.3) is 0 Å². The summed E-state index contributed by atoms with van der Waals surface area (Å²) in [6.45, 7) is 0.523. The van der Waals surface area contributed by atoms with E-state index in [1.54, 1.807) is 12.1 Å². The molecule has 0 saturated heterocycles. The minimum Gasteiger partial charge on any atom is -0.347 e. The summed E-state index contributed by atoms with van der Waals surface area (Å²) in [6.07, 6.45) is 0. The molecule has 2 aromatic rings. The number of tetrazole rings is 1. The number of nitrogens with zero attached hydrogens (tertiary/aromatic N) is 3. The first-order chi connectivity index (χ1) is 7.25. The number of anilines is 1. The first-order valence-corrected chi connectivity index (χ1v) is 4.92. The molecule has 1 aromatic carbocycles. The van der Waals surface area contributed by atoms with Gasteiger partial charge in [0.15, 0.2) is 0 Å². The number of nitrogens with one attached hydrogen (secondary N) is 2. The van der Waals surface area contributed by atoms with Gasteiger partial charge in [0, 0.05) is 16.6 Å². The van der Waals surface area contributed by atoms with Crippen molar-refractivity contribution in [3.8, 4) is 0 Å². The lowest BCUT2D eigenvalue weighted by atomic mass is 10.2. The first-order valence-electron chi connectivity index (χ1n) is 4.17. The number of H-pyrrole nitrogens is 1. The number of halogens is 2. The van der Waals surface area contributed by atoms with Gasteiger partial charge in [-0.2, -0.15) is 5.21 Å². The van der Waals surface area contributed by atoms with Crippen molar-refractivity contribution in [1.29, 1.82) is 0 Å². The summed E-state index contributed by atoms with van der Waals surface area (Å²) in [5.74, 6) is 0.431. The molecular weight excluding hydrogens is 237 g/mol. The zero-order chi connectivity index (χ0) is 10.7. The predicted octanol–water partition coefficient (Wildman–Crippen LogP) is 2.12. The van der Waals surface area contributed by atoms with Crippen molar-refractivity contribution >= 4 is 29.2 Å². The van der Waals surface area contributed by atoms with Crippen LogP contribution in [0.2, 0.25) is 10.0 Å². The van der Waals surface area contributed by atoms with E-state index in [1.807, 2.05) is 6.07 Å². The third kappa shape index (κ3) is 2.57. The van der Waals surface area contributed by atoms with Crippen LogP contribution in [0.1, 0.15) is 5.56 Å². The first kappa shape index (κ1) is 10.2. The Bertz CT molecular complexity index is 442. The normalized spacial score (nSPS) is 10.3. The van der Waals surface area contributed by atoms with Gasteiger partial charge in [-0.3, -0.25) is 0 Å². The molecule has 5 nitrogen and oxygen atoms in total. The number of aromatic amines is 1.